The van der Waals surface area contributed by atoms with Crippen LogP contribution >= 0.6 is 11.8 Å². The van der Waals surface area contributed by atoms with Crippen molar-refractivity contribution in [2.24, 2.45) is 0 Å². The van der Waals surface area contributed by atoms with E-state index in [9.17, 15) is 4.79 Å². The predicted molar refractivity (Wildman–Crippen MR) is 87.1 cm³/mol. The molecule has 0 bridgehead atoms. The van der Waals surface area contributed by atoms with E-state index in [1.165, 1.54) is 5.56 Å². The van der Waals surface area contributed by atoms with Gasteiger partial charge >= 0.3 is 0 Å². The number of hydrogen-bond donors (Lipinski definition) is 2. The summed E-state index contributed by atoms with van der Waals surface area (Å²) in [6.45, 7) is 7.01. The molecule has 0 atom stereocenters. The van der Waals surface area contributed by atoms with Crippen LogP contribution in [0, 0.1) is 0 Å². The number of carbonyl (C=O) groups is 1. The topological polar surface area (TPSA) is 41.1 Å². The minimum absolute atomic E-state index is 0.123. The first-order chi connectivity index (χ1) is 9.76. The maximum Gasteiger partial charge on any atom is 0.230 e. The molecule has 1 aromatic carbocycles. The minimum atomic E-state index is 0.123. The van der Waals surface area contributed by atoms with Crippen molar-refractivity contribution in [1.29, 1.82) is 0 Å². The molecular weight excluding hydrogens is 268 g/mol. The van der Waals surface area contributed by atoms with Crippen LogP contribution in [0.15, 0.2) is 29.2 Å². The molecule has 4 heteroatoms. The van der Waals surface area contributed by atoms with Gasteiger partial charge in [-0.15, -0.1) is 11.8 Å². The monoisotopic (exact) mass is 294 g/mol. The number of thioether (sulfide) groups is 1. The molecule has 1 amide bonds. The highest BCUT2D eigenvalue weighted by molar-refractivity contribution is 8.00. The summed E-state index contributed by atoms with van der Waals surface area (Å²) in [6, 6.07) is 8.40. The van der Waals surface area contributed by atoms with Crippen LogP contribution in [-0.2, 0) is 11.3 Å². The first-order valence-corrected chi connectivity index (χ1v) is 8.44. The van der Waals surface area contributed by atoms with E-state index >= 15 is 0 Å². The van der Waals surface area contributed by atoms with Crippen molar-refractivity contribution in [1.82, 2.24) is 10.6 Å². The maximum absolute atomic E-state index is 11.6. The second-order valence-electron chi connectivity index (χ2n) is 4.82. The fourth-order valence-corrected chi connectivity index (χ4v) is 2.57. The molecule has 0 aliphatic rings. The molecule has 20 heavy (non-hydrogen) atoms. The SMILES string of the molecule is CCCCNC(=O)CSc1cccc(CNCCC)c1. The molecule has 1 rings (SSSR count). The van der Waals surface area contributed by atoms with Gasteiger partial charge in [0.15, 0.2) is 0 Å². The first kappa shape index (κ1) is 17.1. The van der Waals surface area contributed by atoms with Crippen LogP contribution in [0.3, 0.4) is 0 Å². The van der Waals surface area contributed by atoms with Crippen molar-refractivity contribution in [3.63, 3.8) is 0 Å². The Hall–Kier alpha value is -1.00. The summed E-state index contributed by atoms with van der Waals surface area (Å²) in [5.74, 6) is 0.619. The molecule has 0 saturated heterocycles. The molecule has 2 N–H and O–H groups in total. The van der Waals surface area contributed by atoms with Crippen LogP contribution in [0.25, 0.3) is 0 Å². The number of rotatable bonds is 10. The molecule has 0 radical (unpaired) electrons. The van der Waals surface area contributed by atoms with E-state index in [1.807, 2.05) is 0 Å². The van der Waals surface area contributed by atoms with Gasteiger partial charge in [-0.3, -0.25) is 4.79 Å². The molecule has 0 unspecified atom stereocenters. The molecule has 3 nitrogen and oxygen atoms in total. The third-order valence-electron chi connectivity index (χ3n) is 2.88. The third kappa shape index (κ3) is 7.56. The van der Waals surface area contributed by atoms with E-state index in [-0.39, 0.29) is 5.91 Å². The summed E-state index contributed by atoms with van der Waals surface area (Å²) >= 11 is 1.60. The van der Waals surface area contributed by atoms with Gasteiger partial charge in [0.25, 0.3) is 0 Å². The van der Waals surface area contributed by atoms with Crippen molar-refractivity contribution in [2.75, 3.05) is 18.8 Å². The Labute approximate surface area is 126 Å². The van der Waals surface area contributed by atoms with Gasteiger partial charge in [-0.05, 0) is 37.1 Å². The molecule has 1 aromatic rings. The van der Waals surface area contributed by atoms with Crippen LogP contribution in [0.2, 0.25) is 0 Å². The quantitative estimate of drug-likeness (QED) is 0.514. The fraction of sp³-hybridized carbons (Fsp3) is 0.562. The Bertz CT molecular complexity index is 396. The molecule has 0 aliphatic heterocycles. The Morgan fingerprint density at radius 1 is 1.20 bits per heavy atom. The van der Waals surface area contributed by atoms with E-state index in [0.29, 0.717) is 5.75 Å². The predicted octanol–water partition coefficient (Wildman–Crippen LogP) is 3.19. The lowest BCUT2D eigenvalue weighted by molar-refractivity contribution is -0.118. The van der Waals surface area contributed by atoms with Crippen LogP contribution in [0.5, 0.6) is 0 Å². The van der Waals surface area contributed by atoms with Gasteiger partial charge in [-0.1, -0.05) is 32.4 Å². The summed E-state index contributed by atoms with van der Waals surface area (Å²) < 4.78 is 0. The van der Waals surface area contributed by atoms with Gasteiger partial charge in [0.1, 0.15) is 0 Å². The fourth-order valence-electron chi connectivity index (χ4n) is 1.76. The summed E-state index contributed by atoms with van der Waals surface area (Å²) in [5, 5.41) is 6.33. The lowest BCUT2D eigenvalue weighted by Crippen LogP contribution is -2.25. The second kappa shape index (κ2) is 10.7. The standard InChI is InChI=1S/C16H26N2OS/c1-3-5-10-18-16(19)13-20-15-8-6-7-14(11-15)12-17-9-4-2/h6-8,11,17H,3-5,9-10,12-13H2,1-2H3,(H,18,19). The summed E-state index contributed by atoms with van der Waals surface area (Å²) in [7, 11) is 0. The third-order valence-corrected chi connectivity index (χ3v) is 3.87. The smallest absolute Gasteiger partial charge is 0.230 e. The van der Waals surface area contributed by atoms with Crippen LogP contribution in [0.4, 0.5) is 0 Å². The van der Waals surface area contributed by atoms with Crippen molar-refractivity contribution in [3.05, 3.63) is 29.8 Å². The van der Waals surface area contributed by atoms with Crippen LogP contribution < -0.4 is 10.6 Å². The zero-order valence-electron chi connectivity index (χ0n) is 12.6. The van der Waals surface area contributed by atoms with Gasteiger partial charge in [-0.2, -0.15) is 0 Å². The average Bonchev–Trinajstić information content (AvgIpc) is 2.46. The van der Waals surface area contributed by atoms with Gasteiger partial charge in [-0.25, -0.2) is 0 Å². The van der Waals surface area contributed by atoms with Crippen molar-refractivity contribution in [2.45, 2.75) is 44.6 Å². The van der Waals surface area contributed by atoms with E-state index < -0.39 is 0 Å². The lowest BCUT2D eigenvalue weighted by atomic mass is 10.2. The molecule has 0 saturated carbocycles. The largest absolute Gasteiger partial charge is 0.355 e. The summed E-state index contributed by atoms with van der Waals surface area (Å²) in [5.41, 5.74) is 1.27. The summed E-state index contributed by atoms with van der Waals surface area (Å²) in [4.78, 5) is 12.8. The maximum atomic E-state index is 11.6. The Morgan fingerprint density at radius 3 is 2.80 bits per heavy atom. The van der Waals surface area contributed by atoms with Crippen LogP contribution in [-0.4, -0.2) is 24.7 Å². The van der Waals surface area contributed by atoms with E-state index in [0.717, 1.165) is 43.8 Å². The van der Waals surface area contributed by atoms with Crippen LogP contribution in [0.1, 0.15) is 38.7 Å². The Morgan fingerprint density at radius 2 is 2.05 bits per heavy atom. The number of nitrogens with one attached hydrogen (secondary N) is 2. The second-order valence-corrected chi connectivity index (χ2v) is 5.87. The molecule has 112 valence electrons. The van der Waals surface area contributed by atoms with E-state index in [1.54, 1.807) is 11.8 Å². The highest BCUT2D eigenvalue weighted by Gasteiger charge is 2.02. The molecule has 0 spiro atoms. The molecule has 0 aromatic heterocycles. The highest BCUT2D eigenvalue weighted by atomic mass is 32.2. The van der Waals surface area contributed by atoms with Crippen molar-refractivity contribution in [3.8, 4) is 0 Å². The number of hydrogen-bond acceptors (Lipinski definition) is 3. The molecular formula is C16H26N2OS. The number of unbranched alkanes of at least 4 members (excludes halogenated alkanes) is 1. The van der Waals surface area contributed by atoms with Crippen molar-refractivity contribution >= 4 is 17.7 Å². The van der Waals surface area contributed by atoms with Gasteiger partial charge in [0.05, 0.1) is 5.75 Å². The zero-order valence-corrected chi connectivity index (χ0v) is 13.4. The lowest BCUT2D eigenvalue weighted by Gasteiger charge is -2.07. The van der Waals surface area contributed by atoms with Gasteiger partial charge in [0.2, 0.25) is 5.91 Å². The minimum Gasteiger partial charge on any atom is -0.355 e. The average molecular weight is 294 g/mol. The number of amides is 1. The normalized spacial score (nSPS) is 10.5. The highest BCUT2D eigenvalue weighted by Crippen LogP contribution is 2.18. The number of benzene rings is 1. The first-order valence-electron chi connectivity index (χ1n) is 7.45. The molecule has 0 heterocycles. The van der Waals surface area contributed by atoms with E-state index in [2.05, 4.69) is 48.7 Å². The molecule has 0 aliphatic carbocycles. The Balaban J connectivity index is 2.32. The Kier molecular flexibility index (Phi) is 9.16. The van der Waals surface area contributed by atoms with Crippen molar-refractivity contribution < 1.29 is 4.79 Å². The van der Waals surface area contributed by atoms with E-state index in [4.69, 9.17) is 0 Å². The van der Waals surface area contributed by atoms with Gasteiger partial charge < -0.3 is 10.6 Å². The van der Waals surface area contributed by atoms with Gasteiger partial charge in [0, 0.05) is 18.0 Å². The summed E-state index contributed by atoms with van der Waals surface area (Å²) in [6.07, 6.45) is 3.31. The number of carbonyl (C=O) groups excluding carboxylic acids is 1. The molecule has 0 fully saturated rings. The zero-order chi connectivity index (χ0) is 14.6.